The van der Waals surface area contributed by atoms with Crippen LogP contribution in [0.15, 0.2) is 41.0 Å². The second-order valence-electron chi connectivity index (χ2n) is 3.72. The molecule has 94 valence electrons. The van der Waals surface area contributed by atoms with E-state index in [0.29, 0.717) is 18.1 Å². The molecule has 2 rings (SSSR count). The molecule has 0 saturated carbocycles. The molecule has 0 spiro atoms. The molecule has 0 aliphatic rings. The first-order valence-electron chi connectivity index (χ1n) is 5.33. The predicted octanol–water partition coefficient (Wildman–Crippen LogP) is 3.13. The Kier molecular flexibility index (Phi) is 3.96. The van der Waals surface area contributed by atoms with E-state index in [9.17, 15) is 10.1 Å². The number of hydrogen-bond donors (Lipinski definition) is 1. The molecule has 0 amide bonds. The largest absolute Gasteiger partial charge is 0.468 e. The predicted molar refractivity (Wildman–Crippen MR) is 67.4 cm³/mol. The summed E-state index contributed by atoms with van der Waals surface area (Å²) >= 11 is 5.97. The molecule has 1 heterocycles. The number of halogens is 1. The molecule has 18 heavy (non-hydrogen) atoms. The van der Waals surface area contributed by atoms with Crippen molar-refractivity contribution in [2.45, 2.75) is 13.1 Å². The van der Waals surface area contributed by atoms with E-state index in [4.69, 9.17) is 16.0 Å². The lowest BCUT2D eigenvalue weighted by atomic mass is 10.2. The van der Waals surface area contributed by atoms with Gasteiger partial charge in [0.1, 0.15) is 5.76 Å². The minimum absolute atomic E-state index is 0.00483. The Bertz CT molecular complexity index is 540. The van der Waals surface area contributed by atoms with Gasteiger partial charge in [0.05, 0.1) is 22.8 Å². The fourth-order valence-corrected chi connectivity index (χ4v) is 1.77. The topological polar surface area (TPSA) is 68.3 Å². The van der Waals surface area contributed by atoms with Crippen molar-refractivity contribution >= 4 is 17.3 Å². The lowest BCUT2D eigenvalue weighted by molar-refractivity contribution is -0.384. The summed E-state index contributed by atoms with van der Waals surface area (Å²) in [5.74, 6) is 0.827. The Labute approximate surface area is 109 Å². The molecule has 0 atom stereocenters. The zero-order valence-electron chi connectivity index (χ0n) is 9.43. The first-order chi connectivity index (χ1) is 8.66. The zero-order chi connectivity index (χ0) is 13.0. The molecule has 0 bridgehead atoms. The van der Waals surface area contributed by atoms with Gasteiger partial charge in [-0.25, -0.2) is 0 Å². The highest BCUT2D eigenvalue weighted by molar-refractivity contribution is 6.31. The molecule has 1 N–H and O–H groups in total. The number of furan rings is 1. The first kappa shape index (κ1) is 12.6. The van der Waals surface area contributed by atoms with Gasteiger partial charge in [-0.05, 0) is 23.8 Å². The maximum absolute atomic E-state index is 10.6. The summed E-state index contributed by atoms with van der Waals surface area (Å²) in [6.07, 6.45) is 1.61. The van der Waals surface area contributed by atoms with Gasteiger partial charge in [0, 0.05) is 18.7 Å². The SMILES string of the molecule is O=[N+]([O-])c1ccc(CNCc2ccco2)c(Cl)c1. The zero-order valence-corrected chi connectivity index (χ0v) is 10.2. The van der Waals surface area contributed by atoms with Crippen LogP contribution in [0.4, 0.5) is 5.69 Å². The van der Waals surface area contributed by atoms with Gasteiger partial charge in [0.15, 0.2) is 0 Å². The molecule has 0 aliphatic heterocycles. The van der Waals surface area contributed by atoms with E-state index in [0.717, 1.165) is 11.3 Å². The van der Waals surface area contributed by atoms with Gasteiger partial charge in [-0.2, -0.15) is 0 Å². The van der Waals surface area contributed by atoms with Crippen molar-refractivity contribution in [1.82, 2.24) is 5.32 Å². The Morgan fingerprint density at radius 1 is 1.33 bits per heavy atom. The maximum atomic E-state index is 10.6. The number of nitrogens with one attached hydrogen (secondary N) is 1. The van der Waals surface area contributed by atoms with Crippen molar-refractivity contribution in [2.24, 2.45) is 0 Å². The van der Waals surface area contributed by atoms with E-state index in [2.05, 4.69) is 5.32 Å². The highest BCUT2D eigenvalue weighted by Gasteiger charge is 2.09. The van der Waals surface area contributed by atoms with Gasteiger partial charge in [0.2, 0.25) is 0 Å². The van der Waals surface area contributed by atoms with Gasteiger partial charge in [-0.1, -0.05) is 11.6 Å². The van der Waals surface area contributed by atoms with Crippen LogP contribution in [0.5, 0.6) is 0 Å². The average molecular weight is 267 g/mol. The van der Waals surface area contributed by atoms with E-state index in [-0.39, 0.29) is 5.69 Å². The van der Waals surface area contributed by atoms with Crippen LogP contribution in [0.2, 0.25) is 5.02 Å². The number of nitrogens with zero attached hydrogens (tertiary/aromatic N) is 1. The number of nitro benzene ring substituents is 1. The summed E-state index contributed by atoms with van der Waals surface area (Å²) in [5, 5.41) is 14.1. The molecule has 1 aromatic carbocycles. The molecular formula is C12H11ClN2O3. The lowest BCUT2D eigenvalue weighted by Crippen LogP contribution is -2.12. The number of hydrogen-bond acceptors (Lipinski definition) is 4. The summed E-state index contributed by atoms with van der Waals surface area (Å²) in [6, 6.07) is 8.12. The average Bonchev–Trinajstić information content (AvgIpc) is 2.84. The summed E-state index contributed by atoms with van der Waals surface area (Å²) in [5.41, 5.74) is 0.809. The molecule has 0 aliphatic carbocycles. The van der Waals surface area contributed by atoms with Gasteiger partial charge < -0.3 is 9.73 Å². The van der Waals surface area contributed by atoms with Crippen LogP contribution in [0, 0.1) is 10.1 Å². The van der Waals surface area contributed by atoms with Crippen LogP contribution in [-0.4, -0.2) is 4.92 Å². The summed E-state index contributed by atoms with van der Waals surface area (Å²) in [6.45, 7) is 1.11. The van der Waals surface area contributed by atoms with Crippen LogP contribution < -0.4 is 5.32 Å². The van der Waals surface area contributed by atoms with E-state index in [1.165, 1.54) is 12.1 Å². The second-order valence-corrected chi connectivity index (χ2v) is 4.12. The monoisotopic (exact) mass is 266 g/mol. The number of rotatable bonds is 5. The number of benzene rings is 1. The fourth-order valence-electron chi connectivity index (χ4n) is 1.53. The summed E-state index contributed by atoms with van der Waals surface area (Å²) in [4.78, 5) is 10.1. The van der Waals surface area contributed by atoms with Crippen molar-refractivity contribution in [3.63, 3.8) is 0 Å². The molecule has 0 saturated heterocycles. The minimum atomic E-state index is -0.466. The smallest absolute Gasteiger partial charge is 0.270 e. The Hall–Kier alpha value is -1.85. The van der Waals surface area contributed by atoms with Crippen molar-refractivity contribution in [3.8, 4) is 0 Å². The van der Waals surface area contributed by atoms with Crippen molar-refractivity contribution in [1.29, 1.82) is 0 Å². The summed E-state index contributed by atoms with van der Waals surface area (Å²) < 4.78 is 5.17. The highest BCUT2D eigenvalue weighted by Crippen LogP contribution is 2.22. The minimum Gasteiger partial charge on any atom is -0.468 e. The van der Waals surface area contributed by atoms with Gasteiger partial charge in [-0.15, -0.1) is 0 Å². The maximum Gasteiger partial charge on any atom is 0.270 e. The fraction of sp³-hybridized carbons (Fsp3) is 0.167. The van der Waals surface area contributed by atoms with E-state index < -0.39 is 4.92 Å². The Balaban J connectivity index is 1.95. The third kappa shape index (κ3) is 3.09. The molecule has 5 nitrogen and oxygen atoms in total. The Morgan fingerprint density at radius 3 is 2.78 bits per heavy atom. The molecule has 0 radical (unpaired) electrons. The molecule has 0 fully saturated rings. The number of nitro groups is 1. The third-order valence-corrected chi connectivity index (χ3v) is 2.79. The van der Waals surface area contributed by atoms with Crippen LogP contribution >= 0.6 is 11.6 Å². The molecule has 1 aromatic heterocycles. The molecule has 2 aromatic rings. The van der Waals surface area contributed by atoms with Crippen molar-refractivity contribution in [2.75, 3.05) is 0 Å². The van der Waals surface area contributed by atoms with E-state index >= 15 is 0 Å². The van der Waals surface area contributed by atoms with Crippen LogP contribution in [0.3, 0.4) is 0 Å². The van der Waals surface area contributed by atoms with Crippen molar-refractivity contribution < 1.29 is 9.34 Å². The second kappa shape index (κ2) is 5.66. The Morgan fingerprint density at radius 2 is 2.17 bits per heavy atom. The summed E-state index contributed by atoms with van der Waals surface area (Å²) in [7, 11) is 0. The standard InChI is InChI=1S/C12H11ClN2O3/c13-12-6-10(15(16)17)4-3-9(12)7-14-8-11-2-1-5-18-11/h1-6,14H,7-8H2. The molecule has 6 heteroatoms. The van der Waals surface area contributed by atoms with Crippen molar-refractivity contribution in [3.05, 3.63) is 63.1 Å². The third-order valence-electron chi connectivity index (χ3n) is 2.44. The quantitative estimate of drug-likeness (QED) is 0.667. The van der Waals surface area contributed by atoms with Gasteiger partial charge in [-0.3, -0.25) is 10.1 Å². The normalized spacial score (nSPS) is 10.5. The van der Waals surface area contributed by atoms with E-state index in [1.807, 2.05) is 12.1 Å². The van der Waals surface area contributed by atoms with E-state index in [1.54, 1.807) is 12.3 Å². The lowest BCUT2D eigenvalue weighted by Gasteiger charge is -2.05. The van der Waals surface area contributed by atoms with Gasteiger partial charge in [0.25, 0.3) is 5.69 Å². The van der Waals surface area contributed by atoms with Crippen LogP contribution in [-0.2, 0) is 13.1 Å². The van der Waals surface area contributed by atoms with Crippen LogP contribution in [0.25, 0.3) is 0 Å². The molecular weight excluding hydrogens is 256 g/mol. The van der Waals surface area contributed by atoms with Crippen LogP contribution in [0.1, 0.15) is 11.3 Å². The molecule has 0 unspecified atom stereocenters. The highest BCUT2D eigenvalue weighted by atomic mass is 35.5. The van der Waals surface area contributed by atoms with Gasteiger partial charge >= 0.3 is 0 Å². The first-order valence-corrected chi connectivity index (χ1v) is 5.70. The number of non-ortho nitro benzene ring substituents is 1.